The molecule has 2 aromatic carbocycles. The molecule has 1 atom stereocenters. The summed E-state index contributed by atoms with van der Waals surface area (Å²) in [6, 6.07) is 11.8. The third-order valence-electron chi connectivity index (χ3n) is 4.88. The number of nitrogens with zero attached hydrogens (tertiary/aromatic N) is 2. The van der Waals surface area contributed by atoms with Crippen molar-refractivity contribution < 1.29 is 19.1 Å². The lowest BCUT2D eigenvalue weighted by Crippen LogP contribution is -2.36. The first-order valence-corrected chi connectivity index (χ1v) is 9.96. The number of ether oxygens (including phenoxy) is 2. The zero-order chi connectivity index (χ0) is 22.4. The van der Waals surface area contributed by atoms with Gasteiger partial charge in [-0.05, 0) is 43.2 Å². The van der Waals surface area contributed by atoms with Gasteiger partial charge in [0.25, 0.3) is 5.56 Å². The van der Waals surface area contributed by atoms with E-state index in [0.717, 1.165) is 5.56 Å². The third-order valence-corrected chi connectivity index (χ3v) is 4.88. The average molecular weight is 423 g/mol. The second-order valence-corrected chi connectivity index (χ2v) is 7.05. The van der Waals surface area contributed by atoms with E-state index >= 15 is 0 Å². The van der Waals surface area contributed by atoms with Crippen molar-refractivity contribution in [2.75, 3.05) is 13.7 Å². The summed E-state index contributed by atoms with van der Waals surface area (Å²) in [6.07, 6.45) is 1.32. The van der Waals surface area contributed by atoms with Crippen LogP contribution in [0.3, 0.4) is 0 Å². The minimum absolute atomic E-state index is 0.0448. The Morgan fingerprint density at radius 3 is 2.71 bits per heavy atom. The summed E-state index contributed by atoms with van der Waals surface area (Å²) in [7, 11) is 1.54. The molecule has 0 radical (unpaired) electrons. The molecule has 0 saturated carbocycles. The highest BCUT2D eigenvalue weighted by molar-refractivity contribution is 5.81. The van der Waals surface area contributed by atoms with E-state index in [1.807, 2.05) is 13.0 Å². The molecular formula is C23H25N3O5. The first-order valence-electron chi connectivity index (χ1n) is 9.96. The summed E-state index contributed by atoms with van der Waals surface area (Å²) in [6.45, 7) is 3.62. The fraction of sp³-hybridized carbons (Fsp3) is 0.304. The lowest BCUT2D eigenvalue weighted by atomic mass is 10.0. The average Bonchev–Trinajstić information content (AvgIpc) is 2.76. The van der Waals surface area contributed by atoms with Gasteiger partial charge in [0.1, 0.15) is 12.3 Å². The van der Waals surface area contributed by atoms with Gasteiger partial charge in [-0.3, -0.25) is 19.0 Å². The molecule has 1 amide bonds. The van der Waals surface area contributed by atoms with Gasteiger partial charge in [0.2, 0.25) is 5.91 Å². The van der Waals surface area contributed by atoms with Crippen molar-refractivity contribution in [2.45, 2.75) is 32.9 Å². The van der Waals surface area contributed by atoms with Crippen molar-refractivity contribution in [3.8, 4) is 5.75 Å². The maximum atomic E-state index is 12.8. The predicted octanol–water partition coefficient (Wildman–Crippen LogP) is 2.52. The molecule has 1 unspecified atom stereocenters. The van der Waals surface area contributed by atoms with E-state index in [1.165, 1.54) is 10.9 Å². The quantitative estimate of drug-likeness (QED) is 0.559. The zero-order valence-electron chi connectivity index (χ0n) is 17.8. The van der Waals surface area contributed by atoms with E-state index in [9.17, 15) is 14.4 Å². The number of hydrogen-bond donors (Lipinski definition) is 1. The molecule has 0 saturated heterocycles. The topological polar surface area (TPSA) is 99.5 Å². The van der Waals surface area contributed by atoms with E-state index in [-0.39, 0.29) is 25.1 Å². The number of nitrogens with one attached hydrogen (secondary N) is 1. The number of carbonyl (C=O) groups is 2. The Kier molecular flexibility index (Phi) is 7.02. The minimum Gasteiger partial charge on any atom is -0.497 e. The number of hydrogen-bond acceptors (Lipinski definition) is 6. The van der Waals surface area contributed by atoms with Crippen LogP contribution in [-0.2, 0) is 20.9 Å². The molecular weight excluding hydrogens is 398 g/mol. The number of rotatable bonds is 8. The molecule has 1 heterocycles. The van der Waals surface area contributed by atoms with E-state index < -0.39 is 17.9 Å². The first-order chi connectivity index (χ1) is 14.9. The Balaban J connectivity index is 1.83. The maximum absolute atomic E-state index is 12.8. The van der Waals surface area contributed by atoms with E-state index in [1.54, 1.807) is 50.4 Å². The SMILES string of the molecule is CCOC(=O)CC(NC(=O)Cn1cnc2c(C)cccc2c1=O)c1cccc(OC)c1. The molecule has 0 fully saturated rings. The van der Waals surface area contributed by atoms with Gasteiger partial charge in [0, 0.05) is 0 Å². The standard InChI is InChI=1S/C23H25N3O5/c1-4-31-21(28)12-19(16-8-6-9-17(11-16)30-3)25-20(27)13-26-14-24-22-15(2)7-5-10-18(22)23(26)29/h5-11,14,19H,4,12-13H2,1-3H3,(H,25,27). The first kappa shape index (κ1) is 22.0. The summed E-state index contributed by atoms with van der Waals surface area (Å²) in [5.74, 6) is -0.255. The number of amides is 1. The number of fused-ring (bicyclic) bond motifs is 1. The van der Waals surface area contributed by atoms with E-state index in [4.69, 9.17) is 9.47 Å². The molecule has 8 nitrogen and oxygen atoms in total. The van der Waals surface area contributed by atoms with Crippen LogP contribution in [0.2, 0.25) is 0 Å². The Hall–Kier alpha value is -3.68. The highest BCUT2D eigenvalue weighted by Gasteiger charge is 2.20. The molecule has 162 valence electrons. The fourth-order valence-corrected chi connectivity index (χ4v) is 3.34. The molecule has 31 heavy (non-hydrogen) atoms. The van der Waals surface area contributed by atoms with Crippen LogP contribution in [-0.4, -0.2) is 35.1 Å². The van der Waals surface area contributed by atoms with E-state index in [2.05, 4.69) is 10.3 Å². The van der Waals surface area contributed by atoms with Gasteiger partial charge in [-0.15, -0.1) is 0 Å². The lowest BCUT2D eigenvalue weighted by Gasteiger charge is -2.19. The van der Waals surface area contributed by atoms with Crippen molar-refractivity contribution in [2.24, 2.45) is 0 Å². The molecule has 3 rings (SSSR count). The number of methoxy groups -OCH3 is 1. The van der Waals surface area contributed by atoms with E-state index in [0.29, 0.717) is 22.2 Å². The lowest BCUT2D eigenvalue weighted by molar-refractivity contribution is -0.143. The van der Waals surface area contributed by atoms with Gasteiger partial charge in [0.15, 0.2) is 0 Å². The fourth-order valence-electron chi connectivity index (χ4n) is 3.34. The van der Waals surface area contributed by atoms with Crippen LogP contribution in [0.5, 0.6) is 5.75 Å². The molecule has 8 heteroatoms. The molecule has 0 aliphatic rings. The second-order valence-electron chi connectivity index (χ2n) is 7.05. The summed E-state index contributed by atoms with van der Waals surface area (Å²) >= 11 is 0. The van der Waals surface area contributed by atoms with Gasteiger partial charge in [-0.2, -0.15) is 0 Å². The van der Waals surface area contributed by atoms with Gasteiger partial charge in [-0.1, -0.05) is 24.3 Å². The minimum atomic E-state index is -0.631. The summed E-state index contributed by atoms with van der Waals surface area (Å²) in [5, 5.41) is 3.28. The highest BCUT2D eigenvalue weighted by atomic mass is 16.5. The monoisotopic (exact) mass is 423 g/mol. The molecule has 1 aromatic heterocycles. The Morgan fingerprint density at radius 1 is 1.19 bits per heavy atom. The Labute approximate surface area is 179 Å². The molecule has 0 aliphatic heterocycles. The van der Waals surface area contributed by atoms with Crippen LogP contribution >= 0.6 is 0 Å². The second kappa shape index (κ2) is 9.88. The van der Waals surface area contributed by atoms with Crippen LogP contribution in [0.15, 0.2) is 53.6 Å². The van der Waals surface area contributed by atoms with Crippen molar-refractivity contribution in [1.29, 1.82) is 0 Å². The molecule has 3 aromatic rings. The third kappa shape index (κ3) is 5.28. The summed E-state index contributed by atoms with van der Waals surface area (Å²) < 4.78 is 11.5. The van der Waals surface area contributed by atoms with Crippen molar-refractivity contribution >= 4 is 22.8 Å². The number of aryl methyl sites for hydroxylation is 1. The predicted molar refractivity (Wildman–Crippen MR) is 116 cm³/mol. The number of esters is 1. The Bertz CT molecular complexity index is 1160. The van der Waals surface area contributed by atoms with Crippen LogP contribution < -0.4 is 15.6 Å². The normalized spacial score (nSPS) is 11.7. The van der Waals surface area contributed by atoms with Crippen molar-refractivity contribution in [3.63, 3.8) is 0 Å². The van der Waals surface area contributed by atoms with Crippen LogP contribution in [0.25, 0.3) is 10.9 Å². The number of aromatic nitrogens is 2. The van der Waals surface area contributed by atoms with Crippen LogP contribution in [0.1, 0.15) is 30.5 Å². The molecule has 0 bridgehead atoms. The zero-order valence-corrected chi connectivity index (χ0v) is 17.8. The number of carbonyl (C=O) groups excluding carboxylic acids is 2. The molecule has 1 N–H and O–H groups in total. The van der Waals surface area contributed by atoms with Crippen molar-refractivity contribution in [1.82, 2.24) is 14.9 Å². The van der Waals surface area contributed by atoms with Crippen LogP contribution in [0.4, 0.5) is 0 Å². The molecule has 0 aliphatic carbocycles. The largest absolute Gasteiger partial charge is 0.497 e. The van der Waals surface area contributed by atoms with Crippen molar-refractivity contribution in [3.05, 3.63) is 70.3 Å². The van der Waals surface area contributed by atoms with Crippen LogP contribution in [0, 0.1) is 6.92 Å². The maximum Gasteiger partial charge on any atom is 0.308 e. The van der Waals surface area contributed by atoms with Gasteiger partial charge in [-0.25, -0.2) is 4.98 Å². The summed E-state index contributed by atoms with van der Waals surface area (Å²) in [4.78, 5) is 41.9. The Morgan fingerprint density at radius 2 is 1.97 bits per heavy atom. The van der Waals surface area contributed by atoms with Gasteiger partial charge < -0.3 is 14.8 Å². The van der Waals surface area contributed by atoms with Gasteiger partial charge in [0.05, 0.1) is 43.4 Å². The summed E-state index contributed by atoms with van der Waals surface area (Å²) in [5.41, 5.74) is 1.90. The number of benzene rings is 2. The smallest absolute Gasteiger partial charge is 0.308 e. The molecule has 0 spiro atoms. The highest BCUT2D eigenvalue weighted by Crippen LogP contribution is 2.22. The van der Waals surface area contributed by atoms with Gasteiger partial charge >= 0.3 is 5.97 Å². The number of para-hydroxylation sites is 1.